The topological polar surface area (TPSA) is 60.4 Å². The van der Waals surface area contributed by atoms with Gasteiger partial charge in [-0.25, -0.2) is 4.99 Å². The van der Waals surface area contributed by atoms with Crippen molar-refractivity contribution in [3.8, 4) is 0 Å². The van der Waals surface area contributed by atoms with Gasteiger partial charge in [-0.15, -0.1) is 0 Å². The lowest BCUT2D eigenvalue weighted by Crippen LogP contribution is -2.49. The van der Waals surface area contributed by atoms with Crippen LogP contribution in [0.15, 0.2) is 35.3 Å². The number of piperidine rings is 1. The van der Waals surface area contributed by atoms with E-state index in [2.05, 4.69) is 52.4 Å². The number of nitrogens with zero attached hydrogens (tertiary/aromatic N) is 4. The molecule has 2 saturated heterocycles. The first-order chi connectivity index (χ1) is 15.0. The van der Waals surface area contributed by atoms with E-state index in [0.29, 0.717) is 11.8 Å². The molecule has 0 radical (unpaired) electrons. The second-order valence-corrected chi connectivity index (χ2v) is 8.89. The zero-order chi connectivity index (χ0) is 22.1. The molecule has 1 amide bonds. The zero-order valence-corrected chi connectivity index (χ0v) is 19.4. The molecule has 0 saturated carbocycles. The number of carbonyl (C=O) groups excluding carboxylic acids is 1. The number of benzene rings is 1. The normalized spacial score (nSPS) is 22.9. The summed E-state index contributed by atoms with van der Waals surface area (Å²) in [4.78, 5) is 23.2. The number of amides is 1. The molecule has 1 aromatic rings. The van der Waals surface area contributed by atoms with Crippen molar-refractivity contribution in [1.82, 2.24) is 20.0 Å². The van der Waals surface area contributed by atoms with Crippen LogP contribution in [0.1, 0.15) is 31.2 Å². The minimum atomic E-state index is 0.0276. The number of guanidine groups is 1. The molecular formula is C24H39N5O2. The highest BCUT2D eigenvalue weighted by atomic mass is 16.5. The van der Waals surface area contributed by atoms with Crippen molar-refractivity contribution in [2.75, 3.05) is 73.1 Å². The summed E-state index contributed by atoms with van der Waals surface area (Å²) in [6, 6.07) is 10.8. The molecule has 0 bridgehead atoms. The molecule has 3 rings (SSSR count). The molecule has 7 nitrogen and oxygen atoms in total. The molecule has 1 aromatic carbocycles. The van der Waals surface area contributed by atoms with Gasteiger partial charge in [-0.05, 0) is 36.8 Å². The molecule has 1 N–H and O–H groups in total. The molecule has 2 heterocycles. The first-order valence-corrected chi connectivity index (χ1v) is 11.6. The molecule has 2 unspecified atom stereocenters. The Morgan fingerprint density at radius 2 is 1.94 bits per heavy atom. The van der Waals surface area contributed by atoms with Gasteiger partial charge in [0.15, 0.2) is 5.96 Å². The van der Waals surface area contributed by atoms with Crippen molar-refractivity contribution >= 4 is 11.9 Å². The lowest BCUT2D eigenvalue weighted by Gasteiger charge is -2.39. The average molecular weight is 430 g/mol. The Hall–Kier alpha value is -2.12. The molecule has 2 fully saturated rings. The third kappa shape index (κ3) is 7.21. The van der Waals surface area contributed by atoms with Crippen LogP contribution in [0.3, 0.4) is 0 Å². The lowest BCUT2D eigenvalue weighted by atomic mass is 9.82. The van der Waals surface area contributed by atoms with Crippen LogP contribution in [-0.4, -0.2) is 99.7 Å². The minimum Gasteiger partial charge on any atom is -0.379 e. The summed E-state index contributed by atoms with van der Waals surface area (Å²) in [5.41, 5.74) is 1.43. The Kier molecular flexibility index (Phi) is 9.15. The minimum absolute atomic E-state index is 0.0276. The number of ether oxygens (including phenoxy) is 1. The van der Waals surface area contributed by atoms with Gasteiger partial charge in [0.05, 0.1) is 13.2 Å². The van der Waals surface area contributed by atoms with E-state index >= 15 is 0 Å². The van der Waals surface area contributed by atoms with Crippen LogP contribution in [0.25, 0.3) is 0 Å². The van der Waals surface area contributed by atoms with Gasteiger partial charge in [0.1, 0.15) is 6.54 Å². The van der Waals surface area contributed by atoms with Crippen molar-refractivity contribution in [2.24, 2.45) is 10.9 Å². The standard InChI is InChI=1S/C24H39N5O2/c1-20-19-29(13-10-22(20)21-8-5-4-6-9-21)24(26-18-23(30)27(2)3)25-11-7-12-28-14-16-31-17-15-28/h4-6,8-9,20,22H,7,10-19H2,1-3H3,(H,25,26). The lowest BCUT2D eigenvalue weighted by molar-refractivity contribution is -0.127. The van der Waals surface area contributed by atoms with Crippen LogP contribution >= 0.6 is 0 Å². The number of nitrogens with one attached hydrogen (secondary N) is 1. The fourth-order valence-corrected chi connectivity index (χ4v) is 4.41. The van der Waals surface area contributed by atoms with Crippen LogP contribution in [0, 0.1) is 5.92 Å². The highest BCUT2D eigenvalue weighted by molar-refractivity contribution is 5.85. The second kappa shape index (κ2) is 12.1. The Balaban J connectivity index is 1.56. The van der Waals surface area contributed by atoms with Gasteiger partial charge in [-0.1, -0.05) is 37.3 Å². The molecule has 7 heteroatoms. The van der Waals surface area contributed by atoms with E-state index in [1.54, 1.807) is 19.0 Å². The summed E-state index contributed by atoms with van der Waals surface area (Å²) < 4.78 is 5.43. The molecule has 2 aliphatic heterocycles. The van der Waals surface area contributed by atoms with Crippen LogP contribution in [-0.2, 0) is 9.53 Å². The quantitative estimate of drug-likeness (QED) is 0.407. The number of rotatable bonds is 7. The van der Waals surface area contributed by atoms with Crippen LogP contribution in [0.5, 0.6) is 0 Å². The van der Waals surface area contributed by atoms with E-state index in [-0.39, 0.29) is 12.5 Å². The van der Waals surface area contributed by atoms with E-state index in [9.17, 15) is 4.79 Å². The first kappa shape index (κ1) is 23.5. The Bertz CT molecular complexity index is 703. The third-order valence-corrected chi connectivity index (χ3v) is 6.33. The Labute approximate surface area is 187 Å². The molecule has 31 heavy (non-hydrogen) atoms. The van der Waals surface area contributed by atoms with Crippen molar-refractivity contribution < 1.29 is 9.53 Å². The van der Waals surface area contributed by atoms with Gasteiger partial charge >= 0.3 is 0 Å². The predicted octanol–water partition coefficient (Wildman–Crippen LogP) is 1.87. The van der Waals surface area contributed by atoms with Gasteiger partial charge in [0, 0.05) is 46.8 Å². The smallest absolute Gasteiger partial charge is 0.243 e. The number of hydrogen-bond donors (Lipinski definition) is 1. The highest BCUT2D eigenvalue weighted by Crippen LogP contribution is 2.32. The predicted molar refractivity (Wildman–Crippen MR) is 125 cm³/mol. The molecule has 2 atom stereocenters. The number of carbonyl (C=O) groups is 1. The SMILES string of the molecule is CC1CN(C(=NCC(=O)N(C)C)NCCCN2CCOCC2)CCC1c1ccccc1. The fraction of sp³-hybridized carbons (Fsp3) is 0.667. The van der Waals surface area contributed by atoms with Crippen molar-refractivity contribution in [3.05, 3.63) is 35.9 Å². The molecule has 2 aliphatic rings. The highest BCUT2D eigenvalue weighted by Gasteiger charge is 2.29. The summed E-state index contributed by atoms with van der Waals surface area (Å²) in [5, 5.41) is 3.55. The number of hydrogen-bond acceptors (Lipinski definition) is 4. The Morgan fingerprint density at radius 1 is 1.19 bits per heavy atom. The summed E-state index contributed by atoms with van der Waals surface area (Å²) >= 11 is 0. The summed E-state index contributed by atoms with van der Waals surface area (Å²) in [7, 11) is 3.56. The van der Waals surface area contributed by atoms with E-state index in [1.807, 2.05) is 0 Å². The fourth-order valence-electron chi connectivity index (χ4n) is 4.41. The molecule has 0 aromatic heterocycles. The van der Waals surface area contributed by atoms with E-state index in [1.165, 1.54) is 5.56 Å². The second-order valence-electron chi connectivity index (χ2n) is 8.89. The monoisotopic (exact) mass is 429 g/mol. The number of morpholine rings is 1. The number of aliphatic imine (C=N–C) groups is 1. The third-order valence-electron chi connectivity index (χ3n) is 6.33. The van der Waals surface area contributed by atoms with E-state index < -0.39 is 0 Å². The maximum atomic E-state index is 12.1. The van der Waals surface area contributed by atoms with Gasteiger partial charge < -0.3 is 19.9 Å². The van der Waals surface area contributed by atoms with Gasteiger partial charge in [0.25, 0.3) is 0 Å². The van der Waals surface area contributed by atoms with Gasteiger partial charge in [-0.3, -0.25) is 9.69 Å². The van der Waals surface area contributed by atoms with Crippen molar-refractivity contribution in [2.45, 2.75) is 25.7 Å². The molecular weight excluding hydrogens is 390 g/mol. The van der Waals surface area contributed by atoms with Crippen LogP contribution in [0.2, 0.25) is 0 Å². The van der Waals surface area contributed by atoms with Crippen molar-refractivity contribution in [1.29, 1.82) is 0 Å². The van der Waals surface area contributed by atoms with Crippen molar-refractivity contribution in [3.63, 3.8) is 0 Å². The number of likely N-dealkylation sites (N-methyl/N-ethyl adjacent to an activating group) is 1. The molecule has 172 valence electrons. The summed E-state index contributed by atoms with van der Waals surface area (Å²) in [5.74, 6) is 2.00. The molecule has 0 aliphatic carbocycles. The molecule has 0 spiro atoms. The summed E-state index contributed by atoms with van der Waals surface area (Å²) in [6.45, 7) is 10.0. The number of likely N-dealkylation sites (tertiary alicyclic amines) is 1. The van der Waals surface area contributed by atoms with Crippen LogP contribution < -0.4 is 5.32 Å². The maximum Gasteiger partial charge on any atom is 0.243 e. The van der Waals surface area contributed by atoms with Crippen LogP contribution in [0.4, 0.5) is 0 Å². The van der Waals surface area contributed by atoms with Gasteiger partial charge in [-0.2, -0.15) is 0 Å². The average Bonchev–Trinajstić information content (AvgIpc) is 2.79. The first-order valence-electron chi connectivity index (χ1n) is 11.6. The Morgan fingerprint density at radius 3 is 2.61 bits per heavy atom. The zero-order valence-electron chi connectivity index (χ0n) is 19.4. The largest absolute Gasteiger partial charge is 0.379 e. The summed E-state index contributed by atoms with van der Waals surface area (Å²) in [6.07, 6.45) is 2.15. The van der Waals surface area contributed by atoms with E-state index in [0.717, 1.165) is 71.3 Å². The van der Waals surface area contributed by atoms with E-state index in [4.69, 9.17) is 9.73 Å². The van der Waals surface area contributed by atoms with Gasteiger partial charge in [0.2, 0.25) is 5.91 Å². The maximum absolute atomic E-state index is 12.1.